The van der Waals surface area contributed by atoms with Crippen molar-refractivity contribution in [3.63, 3.8) is 0 Å². The molecule has 0 aliphatic carbocycles. The van der Waals surface area contributed by atoms with Gasteiger partial charge < -0.3 is 5.32 Å². The number of aryl methyl sites for hydroxylation is 2. The molecule has 1 unspecified atom stereocenters. The number of nitrogens with one attached hydrogen (secondary N) is 2. The Morgan fingerprint density at radius 3 is 2.63 bits per heavy atom. The second-order valence-electron chi connectivity index (χ2n) is 5.70. The van der Waals surface area contributed by atoms with Crippen LogP contribution in [0.2, 0.25) is 0 Å². The lowest BCUT2D eigenvalue weighted by Gasteiger charge is -2.36. The van der Waals surface area contributed by atoms with Crippen LogP contribution in [0.3, 0.4) is 0 Å². The van der Waals surface area contributed by atoms with Gasteiger partial charge in [0.05, 0.1) is 5.41 Å². The van der Waals surface area contributed by atoms with Crippen LogP contribution in [-0.2, 0) is 4.79 Å². The Bertz CT molecular complexity index is 419. The van der Waals surface area contributed by atoms with E-state index in [0.717, 1.165) is 50.2 Å². The van der Waals surface area contributed by atoms with Crippen LogP contribution in [0.25, 0.3) is 0 Å². The molecule has 1 aromatic rings. The second-order valence-corrected chi connectivity index (χ2v) is 5.70. The van der Waals surface area contributed by atoms with E-state index in [1.165, 1.54) is 0 Å². The molecule has 0 bridgehead atoms. The molecule has 106 valence electrons. The van der Waals surface area contributed by atoms with Gasteiger partial charge in [0.15, 0.2) is 0 Å². The van der Waals surface area contributed by atoms with Crippen LogP contribution in [0.4, 0.5) is 0 Å². The quantitative estimate of drug-likeness (QED) is 0.876. The summed E-state index contributed by atoms with van der Waals surface area (Å²) in [6.07, 6.45) is 4.06. The van der Waals surface area contributed by atoms with Crippen molar-refractivity contribution in [1.29, 1.82) is 0 Å². The van der Waals surface area contributed by atoms with Crippen LogP contribution in [0.15, 0.2) is 12.1 Å². The van der Waals surface area contributed by atoms with Gasteiger partial charge in [0.2, 0.25) is 5.91 Å². The van der Waals surface area contributed by atoms with Gasteiger partial charge in [0.1, 0.15) is 0 Å². The molecule has 1 atom stereocenters. The van der Waals surface area contributed by atoms with Gasteiger partial charge in [-0.1, -0.05) is 13.3 Å². The Balaban J connectivity index is 2.16. The molecule has 2 N–H and O–H groups in total. The maximum absolute atomic E-state index is 12.7. The van der Waals surface area contributed by atoms with Crippen molar-refractivity contribution in [3.05, 3.63) is 23.5 Å². The molecule has 1 amide bonds. The van der Waals surface area contributed by atoms with Crippen molar-refractivity contribution in [2.24, 2.45) is 5.41 Å². The van der Waals surface area contributed by atoms with Gasteiger partial charge in [-0.05, 0) is 51.8 Å². The number of aromatic nitrogens is 1. The molecule has 0 spiro atoms. The molecule has 1 saturated heterocycles. The maximum atomic E-state index is 12.7. The molecule has 1 aliphatic heterocycles. The molecule has 4 nitrogen and oxygen atoms in total. The SMILES string of the molecule is CCCC1(C(=O)Nn2c(C)ccc2C)CCCNC1. The summed E-state index contributed by atoms with van der Waals surface area (Å²) in [5, 5.41) is 3.38. The lowest BCUT2D eigenvalue weighted by atomic mass is 9.76. The van der Waals surface area contributed by atoms with Gasteiger partial charge in [-0.15, -0.1) is 0 Å². The summed E-state index contributed by atoms with van der Waals surface area (Å²) in [5.74, 6) is 0.156. The molecule has 4 heteroatoms. The summed E-state index contributed by atoms with van der Waals surface area (Å²) >= 11 is 0. The Morgan fingerprint density at radius 1 is 1.42 bits per heavy atom. The third-order valence-electron chi connectivity index (χ3n) is 4.17. The van der Waals surface area contributed by atoms with Gasteiger partial charge in [-0.2, -0.15) is 0 Å². The predicted octanol–water partition coefficient (Wildman–Crippen LogP) is 2.34. The number of nitrogens with zero attached hydrogens (tertiary/aromatic N) is 1. The average Bonchev–Trinajstić information content (AvgIpc) is 2.72. The fourth-order valence-electron chi connectivity index (χ4n) is 3.03. The number of piperidine rings is 1. The lowest BCUT2D eigenvalue weighted by Crippen LogP contribution is -2.49. The van der Waals surface area contributed by atoms with E-state index in [9.17, 15) is 4.79 Å². The van der Waals surface area contributed by atoms with E-state index in [-0.39, 0.29) is 11.3 Å². The third kappa shape index (κ3) is 2.84. The first-order valence-corrected chi connectivity index (χ1v) is 7.26. The highest BCUT2D eigenvalue weighted by atomic mass is 16.2. The van der Waals surface area contributed by atoms with E-state index in [4.69, 9.17) is 0 Å². The standard InChI is InChI=1S/C15H25N3O/c1-4-8-15(9-5-10-16-11-15)14(19)17-18-12(2)6-7-13(18)3/h6-7,16H,4-5,8-11H2,1-3H3,(H,17,19). The zero-order valence-electron chi connectivity index (χ0n) is 12.3. The molecule has 0 radical (unpaired) electrons. The monoisotopic (exact) mass is 263 g/mol. The van der Waals surface area contributed by atoms with Crippen LogP contribution in [0, 0.1) is 19.3 Å². The van der Waals surface area contributed by atoms with Crippen LogP contribution >= 0.6 is 0 Å². The molecule has 2 rings (SSSR count). The van der Waals surface area contributed by atoms with Gasteiger partial charge >= 0.3 is 0 Å². The predicted molar refractivity (Wildman–Crippen MR) is 77.7 cm³/mol. The molecule has 0 aromatic carbocycles. The minimum atomic E-state index is -0.240. The van der Waals surface area contributed by atoms with E-state index < -0.39 is 0 Å². The fourth-order valence-corrected chi connectivity index (χ4v) is 3.03. The van der Waals surface area contributed by atoms with Crippen molar-refractivity contribution >= 4 is 5.91 Å². The molecule has 2 heterocycles. The van der Waals surface area contributed by atoms with Gasteiger partial charge in [0, 0.05) is 17.9 Å². The first-order valence-electron chi connectivity index (χ1n) is 7.26. The number of carbonyl (C=O) groups is 1. The molecule has 1 aliphatic rings. The molecule has 19 heavy (non-hydrogen) atoms. The van der Waals surface area contributed by atoms with Crippen LogP contribution in [-0.4, -0.2) is 23.7 Å². The zero-order valence-corrected chi connectivity index (χ0v) is 12.3. The third-order valence-corrected chi connectivity index (χ3v) is 4.17. The number of hydrogen-bond acceptors (Lipinski definition) is 2. The van der Waals surface area contributed by atoms with E-state index in [0.29, 0.717) is 0 Å². The second kappa shape index (κ2) is 5.78. The van der Waals surface area contributed by atoms with Crippen molar-refractivity contribution in [2.45, 2.75) is 46.5 Å². The number of rotatable bonds is 4. The van der Waals surface area contributed by atoms with Crippen molar-refractivity contribution < 1.29 is 4.79 Å². The van der Waals surface area contributed by atoms with E-state index in [1.807, 2.05) is 30.7 Å². The van der Waals surface area contributed by atoms with E-state index in [1.54, 1.807) is 0 Å². The molecule has 1 aromatic heterocycles. The largest absolute Gasteiger partial charge is 0.316 e. The smallest absolute Gasteiger partial charge is 0.246 e. The topological polar surface area (TPSA) is 46.1 Å². The van der Waals surface area contributed by atoms with Crippen molar-refractivity contribution in [1.82, 2.24) is 9.99 Å². The number of amides is 1. The highest BCUT2D eigenvalue weighted by Gasteiger charge is 2.39. The van der Waals surface area contributed by atoms with Gasteiger partial charge in [-0.25, -0.2) is 0 Å². The van der Waals surface area contributed by atoms with Crippen molar-refractivity contribution in [2.75, 3.05) is 18.5 Å². The maximum Gasteiger partial charge on any atom is 0.246 e. The minimum Gasteiger partial charge on any atom is -0.316 e. The first-order chi connectivity index (χ1) is 9.09. The van der Waals surface area contributed by atoms with E-state index in [2.05, 4.69) is 17.7 Å². The zero-order chi connectivity index (χ0) is 13.9. The Morgan fingerprint density at radius 2 is 2.11 bits per heavy atom. The van der Waals surface area contributed by atoms with E-state index >= 15 is 0 Å². The van der Waals surface area contributed by atoms with Gasteiger partial charge in [-0.3, -0.25) is 14.9 Å². The summed E-state index contributed by atoms with van der Waals surface area (Å²) in [5.41, 5.74) is 4.99. The summed E-state index contributed by atoms with van der Waals surface area (Å²) in [4.78, 5) is 12.7. The highest BCUT2D eigenvalue weighted by Crippen LogP contribution is 2.32. The number of carbonyl (C=O) groups excluding carboxylic acids is 1. The molecule has 0 saturated carbocycles. The highest BCUT2D eigenvalue weighted by molar-refractivity contribution is 5.90. The Hall–Kier alpha value is -1.29. The summed E-state index contributed by atoms with van der Waals surface area (Å²) in [6, 6.07) is 4.06. The Kier molecular flexibility index (Phi) is 4.30. The molecular weight excluding hydrogens is 238 g/mol. The van der Waals surface area contributed by atoms with Crippen molar-refractivity contribution in [3.8, 4) is 0 Å². The Labute approximate surface area is 115 Å². The fraction of sp³-hybridized carbons (Fsp3) is 0.667. The van der Waals surface area contributed by atoms with Crippen LogP contribution < -0.4 is 10.7 Å². The summed E-state index contributed by atoms with van der Waals surface area (Å²) in [6.45, 7) is 8.00. The molecule has 1 fully saturated rings. The minimum absolute atomic E-state index is 0.156. The normalized spacial score (nSPS) is 23.3. The lowest BCUT2D eigenvalue weighted by molar-refractivity contribution is -0.128. The van der Waals surface area contributed by atoms with Crippen LogP contribution in [0.5, 0.6) is 0 Å². The summed E-state index contributed by atoms with van der Waals surface area (Å²) < 4.78 is 1.90. The number of hydrogen-bond donors (Lipinski definition) is 2. The molecular formula is C15H25N3O. The average molecular weight is 263 g/mol. The van der Waals surface area contributed by atoms with Crippen LogP contribution in [0.1, 0.15) is 44.0 Å². The first kappa shape index (κ1) is 14.1. The summed E-state index contributed by atoms with van der Waals surface area (Å²) in [7, 11) is 0. The van der Waals surface area contributed by atoms with Gasteiger partial charge in [0.25, 0.3) is 0 Å².